The molecule has 72 valence electrons. The van der Waals surface area contributed by atoms with Crippen LogP contribution in [0.2, 0.25) is 0 Å². The highest BCUT2D eigenvalue weighted by Gasteiger charge is 2.12. The van der Waals surface area contributed by atoms with Crippen LogP contribution in [0.25, 0.3) is 0 Å². The van der Waals surface area contributed by atoms with E-state index in [0.717, 1.165) is 0 Å². The lowest BCUT2D eigenvalue weighted by Gasteiger charge is -2.14. The Hall–Kier alpha value is -0.610. The van der Waals surface area contributed by atoms with Gasteiger partial charge < -0.3 is 5.73 Å². The van der Waals surface area contributed by atoms with Gasteiger partial charge in [0.1, 0.15) is 0 Å². The third kappa shape index (κ3) is 5.09. The Kier molecular flexibility index (Phi) is 5.66. The van der Waals surface area contributed by atoms with Gasteiger partial charge >= 0.3 is 0 Å². The standard InChI is InChI=1S/C8H18N2O2/c1-4-12-10-8(11)5-7(9)6(2)3/h6-7H,4-5,9H2,1-3H3,(H,10,11). The van der Waals surface area contributed by atoms with Gasteiger partial charge in [-0.2, -0.15) is 0 Å². The third-order valence-electron chi connectivity index (χ3n) is 1.61. The molecule has 0 aliphatic rings. The monoisotopic (exact) mass is 174 g/mol. The average molecular weight is 174 g/mol. The van der Waals surface area contributed by atoms with E-state index in [2.05, 4.69) is 5.48 Å². The first kappa shape index (κ1) is 11.4. The van der Waals surface area contributed by atoms with Crippen LogP contribution in [-0.2, 0) is 9.63 Å². The van der Waals surface area contributed by atoms with Crippen molar-refractivity contribution in [3.8, 4) is 0 Å². The molecular formula is C8H18N2O2. The molecule has 0 radical (unpaired) electrons. The second kappa shape index (κ2) is 5.97. The smallest absolute Gasteiger partial charge is 0.245 e. The number of hydrogen-bond donors (Lipinski definition) is 2. The van der Waals surface area contributed by atoms with Crippen LogP contribution in [0.3, 0.4) is 0 Å². The summed E-state index contributed by atoms with van der Waals surface area (Å²) < 4.78 is 0. The molecule has 0 bridgehead atoms. The normalized spacial score (nSPS) is 13.1. The quantitative estimate of drug-likeness (QED) is 0.594. The summed E-state index contributed by atoms with van der Waals surface area (Å²) in [7, 11) is 0. The van der Waals surface area contributed by atoms with Gasteiger partial charge in [0, 0.05) is 12.5 Å². The number of rotatable bonds is 5. The van der Waals surface area contributed by atoms with Gasteiger partial charge in [-0.3, -0.25) is 9.63 Å². The zero-order chi connectivity index (χ0) is 9.56. The van der Waals surface area contributed by atoms with Crippen molar-refractivity contribution in [1.82, 2.24) is 5.48 Å². The number of amides is 1. The fourth-order valence-corrected chi connectivity index (χ4v) is 0.644. The predicted octanol–water partition coefficient (Wildman–Crippen LogP) is 0.427. The van der Waals surface area contributed by atoms with Crippen LogP contribution in [0.4, 0.5) is 0 Å². The van der Waals surface area contributed by atoms with E-state index in [4.69, 9.17) is 10.6 Å². The van der Waals surface area contributed by atoms with Gasteiger partial charge in [-0.1, -0.05) is 13.8 Å². The topological polar surface area (TPSA) is 64.3 Å². The second-order valence-electron chi connectivity index (χ2n) is 3.07. The van der Waals surface area contributed by atoms with E-state index in [1.54, 1.807) is 0 Å². The number of nitrogens with two attached hydrogens (primary N) is 1. The first-order chi connectivity index (χ1) is 5.57. The molecule has 3 N–H and O–H groups in total. The van der Waals surface area contributed by atoms with Crippen LogP contribution in [0.5, 0.6) is 0 Å². The van der Waals surface area contributed by atoms with Crippen molar-refractivity contribution >= 4 is 5.91 Å². The third-order valence-corrected chi connectivity index (χ3v) is 1.61. The van der Waals surface area contributed by atoms with Crippen LogP contribution >= 0.6 is 0 Å². The Bertz CT molecular complexity index is 137. The molecule has 0 saturated carbocycles. The SMILES string of the molecule is CCONC(=O)CC(N)C(C)C. The Morgan fingerprint density at radius 1 is 1.58 bits per heavy atom. The molecule has 4 heteroatoms. The zero-order valence-corrected chi connectivity index (χ0v) is 7.96. The van der Waals surface area contributed by atoms with Crippen molar-refractivity contribution in [2.24, 2.45) is 11.7 Å². The van der Waals surface area contributed by atoms with Gasteiger partial charge in [0.15, 0.2) is 0 Å². The lowest BCUT2D eigenvalue weighted by Crippen LogP contribution is -2.34. The van der Waals surface area contributed by atoms with Gasteiger partial charge in [0.25, 0.3) is 0 Å². The van der Waals surface area contributed by atoms with Crippen molar-refractivity contribution in [3.63, 3.8) is 0 Å². The summed E-state index contributed by atoms with van der Waals surface area (Å²) in [6.07, 6.45) is 0.317. The minimum absolute atomic E-state index is 0.0922. The number of hydroxylamine groups is 1. The fraction of sp³-hybridized carbons (Fsp3) is 0.875. The number of hydrogen-bond acceptors (Lipinski definition) is 3. The molecule has 12 heavy (non-hydrogen) atoms. The van der Waals surface area contributed by atoms with E-state index in [-0.39, 0.29) is 11.9 Å². The van der Waals surface area contributed by atoms with Gasteiger partial charge in [0.2, 0.25) is 5.91 Å². The molecular weight excluding hydrogens is 156 g/mol. The van der Waals surface area contributed by atoms with E-state index >= 15 is 0 Å². The fourth-order valence-electron chi connectivity index (χ4n) is 0.644. The molecule has 0 spiro atoms. The summed E-state index contributed by atoms with van der Waals surface area (Å²) in [4.78, 5) is 15.7. The molecule has 0 aromatic heterocycles. The van der Waals surface area contributed by atoms with E-state index in [0.29, 0.717) is 18.9 Å². The highest BCUT2D eigenvalue weighted by Crippen LogP contribution is 2.01. The van der Waals surface area contributed by atoms with Crippen molar-refractivity contribution in [1.29, 1.82) is 0 Å². The predicted molar refractivity (Wildman–Crippen MR) is 47.2 cm³/mol. The maximum Gasteiger partial charge on any atom is 0.245 e. The van der Waals surface area contributed by atoms with Crippen LogP contribution < -0.4 is 11.2 Å². The average Bonchev–Trinajstić information content (AvgIpc) is 2.00. The summed E-state index contributed by atoms with van der Waals surface area (Å²) in [5, 5.41) is 0. The van der Waals surface area contributed by atoms with Crippen LogP contribution in [0.15, 0.2) is 0 Å². The molecule has 0 rings (SSSR count). The molecule has 0 aromatic rings. The van der Waals surface area contributed by atoms with Gasteiger partial charge in [-0.15, -0.1) is 0 Å². The van der Waals surface area contributed by atoms with Crippen LogP contribution in [-0.4, -0.2) is 18.6 Å². The summed E-state index contributed by atoms with van der Waals surface area (Å²) in [6, 6.07) is -0.0922. The maximum atomic E-state index is 11.0. The molecule has 1 unspecified atom stereocenters. The van der Waals surface area contributed by atoms with Crippen LogP contribution in [0, 0.1) is 5.92 Å². The molecule has 0 aromatic carbocycles. The number of nitrogens with one attached hydrogen (secondary N) is 1. The Morgan fingerprint density at radius 2 is 2.17 bits per heavy atom. The van der Waals surface area contributed by atoms with Crippen LogP contribution in [0.1, 0.15) is 27.2 Å². The first-order valence-corrected chi connectivity index (χ1v) is 4.24. The highest BCUT2D eigenvalue weighted by atomic mass is 16.6. The minimum atomic E-state index is -0.155. The molecule has 1 amide bonds. The summed E-state index contributed by atoms with van der Waals surface area (Å²) >= 11 is 0. The highest BCUT2D eigenvalue weighted by molar-refractivity contribution is 5.75. The van der Waals surface area contributed by atoms with Gasteiger partial charge in [-0.25, -0.2) is 5.48 Å². The zero-order valence-electron chi connectivity index (χ0n) is 7.96. The van der Waals surface area contributed by atoms with E-state index in [1.165, 1.54) is 0 Å². The second-order valence-corrected chi connectivity index (χ2v) is 3.07. The molecule has 0 fully saturated rings. The molecule has 0 aliphatic heterocycles. The Balaban J connectivity index is 3.54. The largest absolute Gasteiger partial charge is 0.327 e. The summed E-state index contributed by atoms with van der Waals surface area (Å²) in [6.45, 7) is 6.25. The minimum Gasteiger partial charge on any atom is -0.327 e. The summed E-state index contributed by atoms with van der Waals surface area (Å²) in [5.41, 5.74) is 7.97. The molecule has 0 heterocycles. The molecule has 0 aliphatic carbocycles. The summed E-state index contributed by atoms with van der Waals surface area (Å²) in [5.74, 6) is 0.162. The lowest BCUT2D eigenvalue weighted by molar-refractivity contribution is -0.133. The van der Waals surface area contributed by atoms with E-state index in [9.17, 15) is 4.79 Å². The number of carbonyl (C=O) groups excluding carboxylic acids is 1. The van der Waals surface area contributed by atoms with Crippen molar-refractivity contribution < 1.29 is 9.63 Å². The number of carbonyl (C=O) groups is 1. The first-order valence-electron chi connectivity index (χ1n) is 4.24. The molecule has 4 nitrogen and oxygen atoms in total. The lowest BCUT2D eigenvalue weighted by atomic mass is 10.0. The van der Waals surface area contributed by atoms with Gasteiger partial charge in [0.05, 0.1) is 6.61 Å². The molecule has 1 atom stereocenters. The van der Waals surface area contributed by atoms with E-state index in [1.807, 2.05) is 20.8 Å². The van der Waals surface area contributed by atoms with E-state index < -0.39 is 0 Å². The van der Waals surface area contributed by atoms with Crippen molar-refractivity contribution in [2.75, 3.05) is 6.61 Å². The van der Waals surface area contributed by atoms with Crippen molar-refractivity contribution in [2.45, 2.75) is 33.2 Å². The maximum absolute atomic E-state index is 11.0. The molecule has 0 saturated heterocycles. The Labute approximate surface area is 73.4 Å². The van der Waals surface area contributed by atoms with Crippen molar-refractivity contribution in [3.05, 3.63) is 0 Å². The Morgan fingerprint density at radius 3 is 2.58 bits per heavy atom. The van der Waals surface area contributed by atoms with Gasteiger partial charge in [-0.05, 0) is 12.8 Å².